The zero-order chi connectivity index (χ0) is 13.2. The molecule has 2 heterocycles. The van der Waals surface area contributed by atoms with Gasteiger partial charge in [0.1, 0.15) is 0 Å². The van der Waals surface area contributed by atoms with E-state index in [4.69, 9.17) is 0 Å². The molecule has 1 aromatic rings. The molecular formula is C13H20N2O2S. The number of thiazole rings is 1. The normalized spacial score (nSPS) is 18.9. The third-order valence-corrected chi connectivity index (χ3v) is 4.97. The van der Waals surface area contributed by atoms with Crippen molar-refractivity contribution in [2.75, 3.05) is 18.0 Å². The third-order valence-electron chi connectivity index (χ3n) is 4.02. The van der Waals surface area contributed by atoms with E-state index in [9.17, 15) is 9.90 Å². The number of carboxylic acid groups (broad SMARTS) is 1. The molecule has 1 fully saturated rings. The Morgan fingerprint density at radius 3 is 2.61 bits per heavy atom. The van der Waals surface area contributed by atoms with E-state index in [0.29, 0.717) is 6.42 Å². The maximum Gasteiger partial charge on any atom is 0.309 e. The Morgan fingerprint density at radius 1 is 1.50 bits per heavy atom. The number of aliphatic carboxylic acids is 1. The predicted molar refractivity (Wildman–Crippen MR) is 73.3 cm³/mol. The van der Waals surface area contributed by atoms with Crippen LogP contribution in [0.2, 0.25) is 0 Å². The fourth-order valence-corrected chi connectivity index (χ4v) is 3.41. The molecule has 18 heavy (non-hydrogen) atoms. The van der Waals surface area contributed by atoms with Gasteiger partial charge < -0.3 is 10.0 Å². The maximum absolute atomic E-state index is 11.4. The first kappa shape index (κ1) is 13.3. The van der Waals surface area contributed by atoms with Gasteiger partial charge in [0.15, 0.2) is 5.13 Å². The Bertz CT molecular complexity index is 422. The van der Waals surface area contributed by atoms with Gasteiger partial charge in [-0.2, -0.15) is 0 Å². The highest BCUT2D eigenvalue weighted by Crippen LogP contribution is 2.37. The van der Waals surface area contributed by atoms with Gasteiger partial charge in [-0.15, -0.1) is 11.3 Å². The van der Waals surface area contributed by atoms with Crippen molar-refractivity contribution in [1.29, 1.82) is 0 Å². The van der Waals surface area contributed by atoms with E-state index in [2.05, 4.69) is 22.2 Å². The van der Waals surface area contributed by atoms with Crippen LogP contribution in [0, 0.1) is 5.41 Å². The lowest BCUT2D eigenvalue weighted by atomic mass is 9.76. The standard InChI is InChI=1S/C13H20N2O2S/c1-3-10-9-18-12(14-10)15-7-5-13(4-2,6-8-15)11(16)17/h9H,3-8H2,1-2H3,(H,16,17). The average molecular weight is 268 g/mol. The molecule has 0 spiro atoms. The number of nitrogens with zero attached hydrogens (tertiary/aromatic N) is 2. The molecule has 1 saturated heterocycles. The first-order valence-electron chi connectivity index (χ1n) is 6.54. The van der Waals surface area contributed by atoms with Gasteiger partial charge in [-0.1, -0.05) is 13.8 Å². The van der Waals surface area contributed by atoms with Gasteiger partial charge in [-0.25, -0.2) is 4.98 Å². The van der Waals surface area contributed by atoms with Crippen LogP contribution in [0.25, 0.3) is 0 Å². The first-order valence-corrected chi connectivity index (χ1v) is 7.42. The molecule has 0 atom stereocenters. The van der Waals surface area contributed by atoms with Crippen molar-refractivity contribution in [2.45, 2.75) is 39.5 Å². The molecule has 0 amide bonds. The number of piperidine rings is 1. The molecule has 0 saturated carbocycles. The van der Waals surface area contributed by atoms with E-state index < -0.39 is 11.4 Å². The predicted octanol–water partition coefficient (Wildman–Crippen LogP) is 2.79. The average Bonchev–Trinajstić information content (AvgIpc) is 2.87. The van der Waals surface area contributed by atoms with E-state index >= 15 is 0 Å². The minimum atomic E-state index is -0.641. The fraction of sp³-hybridized carbons (Fsp3) is 0.692. The van der Waals surface area contributed by atoms with Gasteiger partial charge in [-0.3, -0.25) is 4.79 Å². The van der Waals surface area contributed by atoms with Crippen LogP contribution in [-0.2, 0) is 11.2 Å². The second kappa shape index (κ2) is 5.26. The molecule has 0 unspecified atom stereocenters. The van der Waals surface area contributed by atoms with Gasteiger partial charge >= 0.3 is 5.97 Å². The minimum Gasteiger partial charge on any atom is -0.481 e. The summed E-state index contributed by atoms with van der Waals surface area (Å²) in [6, 6.07) is 0. The quantitative estimate of drug-likeness (QED) is 0.912. The van der Waals surface area contributed by atoms with E-state index in [1.54, 1.807) is 11.3 Å². The van der Waals surface area contributed by atoms with Gasteiger partial charge in [0.25, 0.3) is 0 Å². The highest BCUT2D eigenvalue weighted by molar-refractivity contribution is 7.13. The van der Waals surface area contributed by atoms with Crippen molar-refractivity contribution in [3.8, 4) is 0 Å². The van der Waals surface area contributed by atoms with E-state index in [0.717, 1.165) is 43.2 Å². The van der Waals surface area contributed by atoms with Gasteiger partial charge in [0, 0.05) is 18.5 Å². The van der Waals surface area contributed by atoms with Crippen molar-refractivity contribution in [3.63, 3.8) is 0 Å². The first-order chi connectivity index (χ1) is 8.61. The summed E-state index contributed by atoms with van der Waals surface area (Å²) in [5.74, 6) is -0.641. The van der Waals surface area contributed by atoms with Gasteiger partial charge in [0.05, 0.1) is 11.1 Å². The van der Waals surface area contributed by atoms with Crippen LogP contribution in [0.4, 0.5) is 5.13 Å². The van der Waals surface area contributed by atoms with Crippen molar-refractivity contribution < 1.29 is 9.90 Å². The monoisotopic (exact) mass is 268 g/mol. The summed E-state index contributed by atoms with van der Waals surface area (Å²) in [4.78, 5) is 18.2. The molecule has 0 radical (unpaired) electrons. The number of anilines is 1. The SMILES string of the molecule is CCc1csc(N2CCC(CC)(C(=O)O)CC2)n1. The van der Waals surface area contributed by atoms with Gasteiger partial charge in [-0.05, 0) is 25.7 Å². The van der Waals surface area contributed by atoms with E-state index in [1.165, 1.54) is 0 Å². The summed E-state index contributed by atoms with van der Waals surface area (Å²) in [6.07, 6.45) is 3.12. The van der Waals surface area contributed by atoms with Crippen LogP contribution >= 0.6 is 11.3 Å². The van der Waals surface area contributed by atoms with Crippen LogP contribution in [0.1, 0.15) is 38.8 Å². The molecule has 1 N–H and O–H groups in total. The fourth-order valence-electron chi connectivity index (χ4n) is 2.45. The zero-order valence-corrected chi connectivity index (χ0v) is 11.8. The Balaban J connectivity index is 2.03. The van der Waals surface area contributed by atoms with Crippen molar-refractivity contribution in [2.24, 2.45) is 5.41 Å². The number of hydrogen-bond acceptors (Lipinski definition) is 4. The molecule has 4 nitrogen and oxygen atoms in total. The van der Waals surface area contributed by atoms with E-state index in [-0.39, 0.29) is 0 Å². The molecule has 0 aliphatic carbocycles. The second-order valence-corrected chi connectivity index (χ2v) is 5.74. The number of carboxylic acids is 1. The van der Waals surface area contributed by atoms with E-state index in [1.807, 2.05) is 6.92 Å². The molecular weight excluding hydrogens is 248 g/mol. The molecule has 0 bridgehead atoms. The molecule has 5 heteroatoms. The third kappa shape index (κ3) is 2.36. The Morgan fingerprint density at radius 2 is 2.17 bits per heavy atom. The summed E-state index contributed by atoms with van der Waals surface area (Å²) in [6.45, 7) is 5.68. The summed E-state index contributed by atoms with van der Waals surface area (Å²) < 4.78 is 0. The van der Waals surface area contributed by atoms with Crippen LogP contribution in [0.3, 0.4) is 0 Å². The molecule has 0 aromatic carbocycles. The lowest BCUT2D eigenvalue weighted by Gasteiger charge is -2.38. The van der Waals surface area contributed by atoms with Gasteiger partial charge in [0.2, 0.25) is 0 Å². The smallest absolute Gasteiger partial charge is 0.309 e. The number of carbonyl (C=O) groups is 1. The highest BCUT2D eigenvalue weighted by atomic mass is 32.1. The summed E-state index contributed by atoms with van der Waals surface area (Å²) in [5, 5.41) is 12.5. The zero-order valence-electron chi connectivity index (χ0n) is 11.0. The lowest BCUT2D eigenvalue weighted by Crippen LogP contribution is -2.44. The number of rotatable bonds is 4. The maximum atomic E-state index is 11.4. The number of aromatic nitrogens is 1. The summed E-state index contributed by atoms with van der Waals surface area (Å²) in [5.41, 5.74) is 0.613. The Hall–Kier alpha value is -1.10. The molecule has 1 aromatic heterocycles. The molecule has 1 aliphatic rings. The van der Waals surface area contributed by atoms with Crippen molar-refractivity contribution in [1.82, 2.24) is 4.98 Å². The second-order valence-electron chi connectivity index (χ2n) is 4.90. The summed E-state index contributed by atoms with van der Waals surface area (Å²) in [7, 11) is 0. The summed E-state index contributed by atoms with van der Waals surface area (Å²) >= 11 is 1.66. The van der Waals surface area contributed by atoms with Crippen LogP contribution in [-0.4, -0.2) is 29.1 Å². The topological polar surface area (TPSA) is 53.4 Å². The highest BCUT2D eigenvalue weighted by Gasteiger charge is 2.40. The Labute approximate surface area is 112 Å². The van der Waals surface area contributed by atoms with Crippen LogP contribution in [0.15, 0.2) is 5.38 Å². The number of hydrogen-bond donors (Lipinski definition) is 1. The van der Waals surface area contributed by atoms with Crippen LogP contribution < -0.4 is 4.90 Å². The number of aryl methyl sites for hydroxylation is 1. The Kier molecular flexibility index (Phi) is 3.90. The van der Waals surface area contributed by atoms with Crippen LogP contribution in [0.5, 0.6) is 0 Å². The molecule has 1 aliphatic heterocycles. The molecule has 100 valence electrons. The largest absolute Gasteiger partial charge is 0.481 e. The van der Waals surface area contributed by atoms with Crippen molar-refractivity contribution in [3.05, 3.63) is 11.1 Å². The minimum absolute atomic E-state index is 0.513. The van der Waals surface area contributed by atoms with Crippen molar-refractivity contribution >= 4 is 22.4 Å². The lowest BCUT2D eigenvalue weighted by molar-refractivity contribution is -0.150. The molecule has 2 rings (SSSR count).